The molecule has 150 valence electrons. The number of alkyl halides is 6. The van der Waals surface area contributed by atoms with Gasteiger partial charge in [-0.2, -0.15) is 31.4 Å². The van der Waals surface area contributed by atoms with E-state index in [0.29, 0.717) is 9.77 Å². The van der Waals surface area contributed by atoms with E-state index in [0.717, 1.165) is 23.0 Å². The number of aromatic nitrogens is 5. The Kier molecular flexibility index (Phi) is 6.30. The summed E-state index contributed by atoms with van der Waals surface area (Å²) in [6.45, 7) is 0. The first-order valence-corrected chi connectivity index (χ1v) is 8.13. The van der Waals surface area contributed by atoms with Crippen LogP contribution in [0.25, 0.3) is 5.69 Å². The Hall–Kier alpha value is -2.65. The number of hydrogen-bond acceptors (Lipinski definition) is 6. The quantitative estimate of drug-likeness (QED) is 0.378. The van der Waals surface area contributed by atoms with Crippen molar-refractivity contribution in [3.8, 4) is 5.69 Å². The first-order valence-electron chi connectivity index (χ1n) is 7.05. The fourth-order valence-electron chi connectivity index (χ4n) is 1.74. The fourth-order valence-corrected chi connectivity index (χ4v) is 2.21. The molecule has 0 unspecified atom stereocenters. The lowest BCUT2D eigenvalue weighted by molar-refractivity contribution is -0.138. The molecule has 3 aromatic heterocycles. The number of hydrogen-bond donors (Lipinski definition) is 2. The molecular weight excluding hydrogens is 507 g/mol. The predicted octanol–water partition coefficient (Wildman–Crippen LogP) is 3.55. The molecule has 28 heavy (non-hydrogen) atoms. The van der Waals surface area contributed by atoms with E-state index in [9.17, 15) is 26.3 Å². The summed E-state index contributed by atoms with van der Waals surface area (Å²) in [6, 6.07) is 1.83. The minimum atomic E-state index is -4.46. The molecule has 0 aliphatic rings. The molecule has 0 saturated heterocycles. The Bertz CT molecular complexity index is 940. The highest BCUT2D eigenvalue weighted by Gasteiger charge is 2.32. The van der Waals surface area contributed by atoms with Crippen LogP contribution in [0.5, 0.6) is 0 Å². The van der Waals surface area contributed by atoms with Gasteiger partial charge in [0.15, 0.2) is 0 Å². The standard InChI is InChI=1S/C8H6F3N5.C6H4F3IN2/c9-8(10,11)5-1-6(7(12)14-2-5)16-4-13-3-15-16;7-6(8,9)3-1-4(10)5(11)12-2-3/h1-4H,(H2,12,14);1-2H,(H2,11,12). The Labute approximate surface area is 166 Å². The van der Waals surface area contributed by atoms with Gasteiger partial charge in [-0.15, -0.1) is 0 Å². The van der Waals surface area contributed by atoms with E-state index in [2.05, 4.69) is 20.1 Å². The molecule has 7 nitrogen and oxygen atoms in total. The molecule has 4 N–H and O–H groups in total. The molecule has 0 spiro atoms. The van der Waals surface area contributed by atoms with Gasteiger partial charge in [0, 0.05) is 12.4 Å². The van der Waals surface area contributed by atoms with Gasteiger partial charge in [-0.25, -0.2) is 19.6 Å². The first kappa shape index (κ1) is 21.6. The number of halogens is 7. The molecule has 3 aromatic rings. The lowest BCUT2D eigenvalue weighted by Gasteiger charge is -2.09. The van der Waals surface area contributed by atoms with Gasteiger partial charge in [0.05, 0.1) is 14.7 Å². The van der Waals surface area contributed by atoms with E-state index < -0.39 is 23.5 Å². The monoisotopic (exact) mass is 517 g/mol. The van der Waals surface area contributed by atoms with Crippen molar-refractivity contribution in [2.24, 2.45) is 0 Å². The molecule has 14 heteroatoms. The van der Waals surface area contributed by atoms with E-state index >= 15 is 0 Å². The van der Waals surface area contributed by atoms with Gasteiger partial charge >= 0.3 is 12.4 Å². The largest absolute Gasteiger partial charge is 0.417 e. The third-order valence-electron chi connectivity index (χ3n) is 3.09. The van der Waals surface area contributed by atoms with E-state index in [4.69, 9.17) is 11.5 Å². The van der Waals surface area contributed by atoms with Crippen LogP contribution in [0.15, 0.2) is 37.2 Å². The first-order chi connectivity index (χ1) is 12.9. The average molecular weight is 517 g/mol. The normalized spacial score (nSPS) is 11.7. The Morgan fingerprint density at radius 1 is 0.857 bits per heavy atom. The van der Waals surface area contributed by atoms with Crippen molar-refractivity contribution in [3.05, 3.63) is 51.9 Å². The van der Waals surface area contributed by atoms with Crippen LogP contribution in [0.3, 0.4) is 0 Å². The van der Waals surface area contributed by atoms with Crippen molar-refractivity contribution >= 4 is 34.2 Å². The summed E-state index contributed by atoms with van der Waals surface area (Å²) in [5.41, 5.74) is 9.09. The number of nitrogens with two attached hydrogens (primary N) is 2. The number of nitrogens with zero attached hydrogens (tertiary/aromatic N) is 5. The molecule has 0 amide bonds. The lowest BCUT2D eigenvalue weighted by atomic mass is 10.2. The molecule has 0 aromatic carbocycles. The number of nitrogen functional groups attached to an aromatic ring is 2. The summed E-state index contributed by atoms with van der Waals surface area (Å²) < 4.78 is 74.7. The van der Waals surface area contributed by atoms with E-state index in [-0.39, 0.29) is 17.3 Å². The third-order valence-corrected chi connectivity index (χ3v) is 3.95. The summed E-state index contributed by atoms with van der Waals surface area (Å²) >= 11 is 1.70. The van der Waals surface area contributed by atoms with Gasteiger partial charge < -0.3 is 11.5 Å². The van der Waals surface area contributed by atoms with Crippen LogP contribution in [0, 0.1) is 3.57 Å². The van der Waals surface area contributed by atoms with Crippen molar-refractivity contribution in [1.29, 1.82) is 0 Å². The minimum absolute atomic E-state index is 0.0431. The second kappa shape index (κ2) is 8.15. The van der Waals surface area contributed by atoms with Crippen LogP contribution in [0.4, 0.5) is 38.0 Å². The molecule has 3 heterocycles. The zero-order chi connectivity index (χ0) is 21.1. The molecule has 0 aliphatic heterocycles. The summed E-state index contributed by atoms with van der Waals surface area (Å²) in [5, 5.41) is 3.69. The van der Waals surface area contributed by atoms with Gasteiger partial charge in [-0.3, -0.25) is 0 Å². The zero-order valence-corrected chi connectivity index (χ0v) is 15.7. The SMILES string of the molecule is Nc1ncc(C(F)(F)F)cc1-n1cncn1.Nc1ncc(C(F)(F)F)cc1I. The number of anilines is 2. The lowest BCUT2D eigenvalue weighted by Crippen LogP contribution is -2.10. The Balaban J connectivity index is 0.000000209. The molecule has 0 fully saturated rings. The van der Waals surface area contributed by atoms with Crippen LogP contribution < -0.4 is 11.5 Å². The van der Waals surface area contributed by atoms with Crippen LogP contribution in [-0.4, -0.2) is 24.7 Å². The smallest absolute Gasteiger partial charge is 0.383 e. The second-order valence-corrected chi connectivity index (χ2v) is 6.22. The Morgan fingerprint density at radius 2 is 1.39 bits per heavy atom. The fraction of sp³-hybridized carbons (Fsp3) is 0.143. The van der Waals surface area contributed by atoms with Gasteiger partial charge in [0.1, 0.15) is 30.0 Å². The molecule has 0 atom stereocenters. The van der Waals surface area contributed by atoms with Crippen molar-refractivity contribution in [2.75, 3.05) is 11.5 Å². The van der Waals surface area contributed by atoms with Gasteiger partial charge in [-0.05, 0) is 34.7 Å². The highest BCUT2D eigenvalue weighted by Crippen LogP contribution is 2.31. The highest BCUT2D eigenvalue weighted by atomic mass is 127. The number of rotatable bonds is 1. The molecule has 0 aliphatic carbocycles. The Morgan fingerprint density at radius 3 is 1.86 bits per heavy atom. The van der Waals surface area contributed by atoms with Gasteiger partial charge in [0.2, 0.25) is 0 Å². The molecule has 0 radical (unpaired) electrons. The zero-order valence-electron chi connectivity index (χ0n) is 13.5. The summed E-state index contributed by atoms with van der Waals surface area (Å²) in [4.78, 5) is 10.5. The molecule has 3 rings (SSSR count). The summed E-state index contributed by atoms with van der Waals surface area (Å²) in [6.07, 6.45) is -4.98. The molecular formula is C14H10F6IN7. The molecule has 0 saturated carbocycles. The topological polar surface area (TPSA) is 109 Å². The van der Waals surface area contributed by atoms with Crippen LogP contribution >= 0.6 is 22.6 Å². The number of pyridine rings is 2. The summed E-state index contributed by atoms with van der Waals surface area (Å²) in [7, 11) is 0. The van der Waals surface area contributed by atoms with Crippen LogP contribution in [0.2, 0.25) is 0 Å². The summed E-state index contributed by atoms with van der Waals surface area (Å²) in [5.74, 6) is 0.0714. The highest BCUT2D eigenvalue weighted by molar-refractivity contribution is 14.1. The van der Waals surface area contributed by atoms with Gasteiger partial charge in [-0.1, -0.05) is 0 Å². The average Bonchev–Trinajstić information content (AvgIpc) is 3.10. The van der Waals surface area contributed by atoms with Crippen LogP contribution in [-0.2, 0) is 12.4 Å². The third kappa shape index (κ3) is 5.43. The van der Waals surface area contributed by atoms with E-state index in [1.54, 1.807) is 22.6 Å². The van der Waals surface area contributed by atoms with Crippen LogP contribution in [0.1, 0.15) is 11.1 Å². The van der Waals surface area contributed by atoms with Crippen molar-refractivity contribution < 1.29 is 26.3 Å². The maximum atomic E-state index is 12.4. The van der Waals surface area contributed by atoms with E-state index in [1.165, 1.54) is 12.7 Å². The van der Waals surface area contributed by atoms with Gasteiger partial charge in [0.25, 0.3) is 0 Å². The maximum absolute atomic E-state index is 12.4. The van der Waals surface area contributed by atoms with Crippen molar-refractivity contribution in [1.82, 2.24) is 24.7 Å². The van der Waals surface area contributed by atoms with E-state index in [1.807, 2.05) is 0 Å². The predicted molar refractivity (Wildman–Crippen MR) is 94.9 cm³/mol. The van der Waals surface area contributed by atoms with Crippen molar-refractivity contribution in [3.63, 3.8) is 0 Å². The second-order valence-electron chi connectivity index (χ2n) is 5.05. The molecule has 0 bridgehead atoms. The van der Waals surface area contributed by atoms with Crippen molar-refractivity contribution in [2.45, 2.75) is 12.4 Å². The minimum Gasteiger partial charge on any atom is -0.383 e. The maximum Gasteiger partial charge on any atom is 0.417 e.